The van der Waals surface area contributed by atoms with Crippen LogP contribution in [0.25, 0.3) is 10.9 Å². The van der Waals surface area contributed by atoms with E-state index in [2.05, 4.69) is 10.1 Å². The molecule has 23 heavy (non-hydrogen) atoms. The molecule has 7 nitrogen and oxygen atoms in total. The largest absolute Gasteiger partial charge is 0.458 e. The molecule has 0 aliphatic heterocycles. The van der Waals surface area contributed by atoms with E-state index in [0.29, 0.717) is 22.4 Å². The maximum Gasteiger partial charge on any atom is 0.326 e. The molecular weight excluding hydrogens is 298 g/mol. The molecule has 0 saturated heterocycles. The summed E-state index contributed by atoms with van der Waals surface area (Å²) in [7, 11) is 0. The molecule has 0 aliphatic rings. The molecule has 0 radical (unpaired) electrons. The molecule has 0 unspecified atom stereocenters. The normalized spacial score (nSPS) is 10.9. The molecule has 0 spiro atoms. The van der Waals surface area contributed by atoms with Gasteiger partial charge in [0.15, 0.2) is 0 Å². The summed E-state index contributed by atoms with van der Waals surface area (Å²) in [5.41, 5.74) is 1.80. The number of nitrogens with zero attached hydrogens (tertiary/aromatic N) is 3. The highest BCUT2D eigenvalue weighted by Gasteiger charge is 2.11. The Bertz CT molecular complexity index is 926. The monoisotopic (exact) mass is 313 g/mol. The highest BCUT2D eigenvalue weighted by Crippen LogP contribution is 2.11. The minimum atomic E-state index is -0.540. The second-order valence-electron chi connectivity index (χ2n) is 5.24. The standard InChI is InChI=1S/C16H15N3O4/c1-10-4-3-5-13-15(10)17-9-19(16(13)21)7-14(20)22-8-12-6-11(2)23-18-12/h3-6,9H,7-8H2,1-2H3. The third-order valence-electron chi connectivity index (χ3n) is 3.41. The van der Waals surface area contributed by atoms with E-state index in [1.54, 1.807) is 25.1 Å². The van der Waals surface area contributed by atoms with Gasteiger partial charge in [0.05, 0.1) is 17.2 Å². The van der Waals surface area contributed by atoms with Gasteiger partial charge in [-0.3, -0.25) is 14.2 Å². The number of rotatable bonds is 4. The number of fused-ring (bicyclic) bond motifs is 1. The number of hydrogen-bond acceptors (Lipinski definition) is 6. The van der Waals surface area contributed by atoms with E-state index in [1.807, 2.05) is 13.0 Å². The van der Waals surface area contributed by atoms with Gasteiger partial charge >= 0.3 is 5.97 Å². The van der Waals surface area contributed by atoms with Gasteiger partial charge in [-0.05, 0) is 25.5 Å². The molecule has 0 N–H and O–H groups in total. The molecule has 0 atom stereocenters. The quantitative estimate of drug-likeness (QED) is 0.682. The second-order valence-corrected chi connectivity index (χ2v) is 5.24. The number of carbonyl (C=O) groups is 1. The molecule has 0 bridgehead atoms. The SMILES string of the molecule is Cc1cc(COC(=O)Cn2cnc3c(C)cccc3c2=O)no1. The van der Waals surface area contributed by atoms with Crippen LogP contribution in [0.15, 0.2) is 39.9 Å². The molecule has 3 rings (SSSR count). The molecule has 3 aromatic rings. The van der Waals surface area contributed by atoms with Crippen LogP contribution in [-0.2, 0) is 22.7 Å². The van der Waals surface area contributed by atoms with E-state index < -0.39 is 5.97 Å². The molecule has 0 saturated carbocycles. The summed E-state index contributed by atoms with van der Waals surface area (Å²) in [6, 6.07) is 7.04. The van der Waals surface area contributed by atoms with Crippen molar-refractivity contribution in [3.05, 3.63) is 58.0 Å². The van der Waals surface area contributed by atoms with Crippen LogP contribution in [0.5, 0.6) is 0 Å². The van der Waals surface area contributed by atoms with E-state index in [-0.39, 0.29) is 18.7 Å². The van der Waals surface area contributed by atoms with Crippen molar-refractivity contribution >= 4 is 16.9 Å². The first-order valence-electron chi connectivity index (χ1n) is 7.07. The van der Waals surface area contributed by atoms with Crippen LogP contribution in [0.1, 0.15) is 17.0 Å². The summed E-state index contributed by atoms with van der Waals surface area (Å²) >= 11 is 0. The van der Waals surface area contributed by atoms with Gasteiger partial charge in [-0.15, -0.1) is 0 Å². The third kappa shape index (κ3) is 3.13. The van der Waals surface area contributed by atoms with Crippen molar-refractivity contribution in [1.82, 2.24) is 14.7 Å². The zero-order chi connectivity index (χ0) is 16.4. The highest BCUT2D eigenvalue weighted by molar-refractivity contribution is 5.80. The van der Waals surface area contributed by atoms with Gasteiger partial charge in [0.1, 0.15) is 24.6 Å². The minimum absolute atomic E-state index is 0.00500. The molecule has 7 heteroatoms. The van der Waals surface area contributed by atoms with Crippen molar-refractivity contribution < 1.29 is 14.1 Å². The Morgan fingerprint density at radius 2 is 2.17 bits per heavy atom. The Balaban J connectivity index is 1.75. The number of esters is 1. The summed E-state index contributed by atoms with van der Waals surface area (Å²) in [5.74, 6) is 0.0999. The summed E-state index contributed by atoms with van der Waals surface area (Å²) in [6.45, 7) is 3.44. The van der Waals surface area contributed by atoms with Crippen LogP contribution in [-0.4, -0.2) is 20.7 Å². The van der Waals surface area contributed by atoms with E-state index >= 15 is 0 Å². The predicted molar refractivity (Wildman–Crippen MR) is 81.8 cm³/mol. The number of ether oxygens (including phenoxy) is 1. The van der Waals surface area contributed by atoms with Crippen LogP contribution in [0, 0.1) is 13.8 Å². The van der Waals surface area contributed by atoms with Gasteiger partial charge in [-0.1, -0.05) is 17.3 Å². The van der Waals surface area contributed by atoms with Crippen molar-refractivity contribution in [3.63, 3.8) is 0 Å². The Morgan fingerprint density at radius 3 is 2.91 bits per heavy atom. The third-order valence-corrected chi connectivity index (χ3v) is 3.41. The van der Waals surface area contributed by atoms with Gasteiger partial charge in [-0.25, -0.2) is 4.98 Å². The van der Waals surface area contributed by atoms with E-state index in [9.17, 15) is 9.59 Å². The number of hydrogen-bond donors (Lipinski definition) is 0. The topological polar surface area (TPSA) is 87.2 Å². The van der Waals surface area contributed by atoms with Crippen LogP contribution in [0.4, 0.5) is 0 Å². The fraction of sp³-hybridized carbons (Fsp3) is 0.250. The summed E-state index contributed by atoms with van der Waals surface area (Å²) in [6.07, 6.45) is 1.36. The minimum Gasteiger partial charge on any atom is -0.458 e. The Morgan fingerprint density at radius 1 is 1.35 bits per heavy atom. The Labute approximate surface area is 131 Å². The Kier molecular flexibility index (Phi) is 3.92. The van der Waals surface area contributed by atoms with Crippen LogP contribution in [0.3, 0.4) is 0 Å². The van der Waals surface area contributed by atoms with Crippen molar-refractivity contribution in [3.8, 4) is 0 Å². The zero-order valence-corrected chi connectivity index (χ0v) is 12.8. The number of aryl methyl sites for hydroxylation is 2. The van der Waals surface area contributed by atoms with Gasteiger partial charge < -0.3 is 9.26 Å². The lowest BCUT2D eigenvalue weighted by Crippen LogP contribution is -2.25. The molecule has 2 aromatic heterocycles. The van der Waals surface area contributed by atoms with E-state index in [1.165, 1.54) is 10.9 Å². The molecule has 0 aliphatic carbocycles. The van der Waals surface area contributed by atoms with Crippen LogP contribution < -0.4 is 5.56 Å². The number of benzene rings is 1. The first-order chi connectivity index (χ1) is 11.0. The maximum atomic E-state index is 12.4. The first-order valence-corrected chi connectivity index (χ1v) is 7.07. The van der Waals surface area contributed by atoms with Crippen LogP contribution in [0.2, 0.25) is 0 Å². The molecule has 0 amide bonds. The van der Waals surface area contributed by atoms with Crippen molar-refractivity contribution in [2.24, 2.45) is 0 Å². The summed E-state index contributed by atoms with van der Waals surface area (Å²) in [5, 5.41) is 4.21. The van der Waals surface area contributed by atoms with E-state index in [4.69, 9.17) is 9.26 Å². The molecular formula is C16H15N3O4. The predicted octanol–water partition coefficient (Wildman–Crippen LogP) is 1.74. The first kappa shape index (κ1) is 15.0. The zero-order valence-electron chi connectivity index (χ0n) is 12.8. The van der Waals surface area contributed by atoms with Crippen molar-refractivity contribution in [2.45, 2.75) is 27.0 Å². The number of carbonyl (C=O) groups excluding carboxylic acids is 1. The average molecular weight is 313 g/mol. The molecule has 0 fully saturated rings. The number of para-hydroxylation sites is 1. The lowest BCUT2D eigenvalue weighted by molar-refractivity contribution is -0.145. The van der Waals surface area contributed by atoms with E-state index in [0.717, 1.165) is 5.56 Å². The molecule has 1 aromatic carbocycles. The van der Waals surface area contributed by atoms with Gasteiger partial charge in [0.2, 0.25) is 0 Å². The smallest absolute Gasteiger partial charge is 0.326 e. The van der Waals surface area contributed by atoms with Gasteiger partial charge in [0.25, 0.3) is 5.56 Å². The molecule has 2 heterocycles. The van der Waals surface area contributed by atoms with Gasteiger partial charge in [-0.2, -0.15) is 0 Å². The average Bonchev–Trinajstić information content (AvgIpc) is 2.94. The summed E-state index contributed by atoms with van der Waals surface area (Å²) in [4.78, 5) is 28.5. The second kappa shape index (κ2) is 6.04. The number of aromatic nitrogens is 3. The van der Waals surface area contributed by atoms with Crippen molar-refractivity contribution in [1.29, 1.82) is 0 Å². The summed E-state index contributed by atoms with van der Waals surface area (Å²) < 4.78 is 11.2. The maximum absolute atomic E-state index is 12.4. The Hall–Kier alpha value is -2.96. The van der Waals surface area contributed by atoms with Crippen molar-refractivity contribution in [2.75, 3.05) is 0 Å². The fourth-order valence-corrected chi connectivity index (χ4v) is 2.28. The van der Waals surface area contributed by atoms with Gasteiger partial charge in [0, 0.05) is 6.07 Å². The van der Waals surface area contributed by atoms with Crippen LogP contribution >= 0.6 is 0 Å². The lowest BCUT2D eigenvalue weighted by Gasteiger charge is -2.07. The fourth-order valence-electron chi connectivity index (χ4n) is 2.28. The lowest BCUT2D eigenvalue weighted by atomic mass is 10.1. The molecule has 118 valence electrons. The highest BCUT2D eigenvalue weighted by atomic mass is 16.5.